The number of thiocarbonyl (C=S) groups is 1. The average Bonchev–Trinajstić information content (AvgIpc) is 3.01. The van der Waals surface area contributed by atoms with E-state index in [1.165, 1.54) is 6.07 Å². The van der Waals surface area contributed by atoms with Gasteiger partial charge in [-0.3, -0.25) is 9.69 Å². The van der Waals surface area contributed by atoms with E-state index in [4.69, 9.17) is 22.2 Å². The highest BCUT2D eigenvalue weighted by Gasteiger charge is 2.60. The van der Waals surface area contributed by atoms with E-state index < -0.39 is 28.9 Å². The Morgan fingerprint density at radius 3 is 2.42 bits per heavy atom. The van der Waals surface area contributed by atoms with Gasteiger partial charge < -0.3 is 15.0 Å². The van der Waals surface area contributed by atoms with Crippen molar-refractivity contribution in [1.82, 2.24) is 15.3 Å². The number of aromatic nitrogens is 2. The van der Waals surface area contributed by atoms with Gasteiger partial charge in [0.2, 0.25) is 5.88 Å². The second kappa shape index (κ2) is 7.85. The number of halogens is 3. The lowest BCUT2D eigenvalue weighted by Gasteiger charge is -2.54. The van der Waals surface area contributed by atoms with Gasteiger partial charge in [-0.15, -0.1) is 0 Å². The number of hydrogen-bond donors (Lipinski definition) is 1. The molecule has 0 aromatic carbocycles. The second-order valence-corrected chi connectivity index (χ2v) is 10.2. The SMILES string of the molecule is N#Cc1ncc(N2C(=O)C3(CCC3)N(c3ccc(OC4CC5(CCN5)C4)nc3)C2=S)cc1C(F)(F)F. The van der Waals surface area contributed by atoms with Crippen LogP contribution in [0.25, 0.3) is 0 Å². The number of rotatable bonds is 4. The molecule has 0 bridgehead atoms. The lowest BCUT2D eigenvalue weighted by Crippen LogP contribution is -2.67. The summed E-state index contributed by atoms with van der Waals surface area (Å²) < 4.78 is 46.6. The molecule has 36 heavy (non-hydrogen) atoms. The Labute approximate surface area is 210 Å². The third-order valence-corrected chi connectivity index (χ3v) is 8.11. The largest absolute Gasteiger partial charge is 0.474 e. The zero-order chi connectivity index (χ0) is 25.3. The summed E-state index contributed by atoms with van der Waals surface area (Å²) in [6.07, 6.45) is 2.79. The highest BCUT2D eigenvalue weighted by Crippen LogP contribution is 2.48. The number of carbonyl (C=O) groups is 1. The molecule has 2 aromatic heterocycles. The first kappa shape index (κ1) is 23.1. The number of amides is 1. The minimum atomic E-state index is -4.80. The fourth-order valence-electron chi connectivity index (χ4n) is 5.56. The van der Waals surface area contributed by atoms with Crippen molar-refractivity contribution in [2.75, 3.05) is 16.3 Å². The van der Waals surface area contributed by atoms with E-state index in [9.17, 15) is 18.0 Å². The summed E-state index contributed by atoms with van der Waals surface area (Å²) in [5.41, 5.74) is -2.28. The number of ether oxygens (including phenoxy) is 1. The van der Waals surface area contributed by atoms with Crippen molar-refractivity contribution in [3.8, 4) is 11.9 Å². The van der Waals surface area contributed by atoms with Crippen molar-refractivity contribution in [2.45, 2.75) is 61.9 Å². The van der Waals surface area contributed by atoms with Crippen molar-refractivity contribution in [3.05, 3.63) is 41.9 Å². The highest BCUT2D eigenvalue weighted by molar-refractivity contribution is 7.81. The van der Waals surface area contributed by atoms with Crippen molar-refractivity contribution in [1.29, 1.82) is 5.26 Å². The molecule has 2 aliphatic carbocycles. The smallest absolute Gasteiger partial charge is 0.419 e. The van der Waals surface area contributed by atoms with Gasteiger partial charge in [-0.1, -0.05) is 0 Å². The van der Waals surface area contributed by atoms with E-state index in [1.54, 1.807) is 23.2 Å². The van der Waals surface area contributed by atoms with Crippen molar-refractivity contribution < 1.29 is 22.7 Å². The van der Waals surface area contributed by atoms with Crippen molar-refractivity contribution in [3.63, 3.8) is 0 Å². The molecule has 2 aliphatic heterocycles. The van der Waals surface area contributed by atoms with Crippen LogP contribution < -0.4 is 19.9 Å². The van der Waals surface area contributed by atoms with E-state index in [1.807, 2.05) is 0 Å². The second-order valence-electron chi connectivity index (χ2n) is 9.80. The van der Waals surface area contributed by atoms with Crippen LogP contribution in [-0.4, -0.2) is 44.7 Å². The van der Waals surface area contributed by atoms with E-state index in [2.05, 4.69) is 15.3 Å². The Balaban J connectivity index is 1.27. The van der Waals surface area contributed by atoms with Gasteiger partial charge in [0.15, 0.2) is 10.8 Å². The lowest BCUT2D eigenvalue weighted by molar-refractivity contribution is -0.138. The van der Waals surface area contributed by atoms with Crippen LogP contribution >= 0.6 is 12.2 Å². The standard InChI is InChI=1S/C24H21F3N6O2S/c25-24(26,27)17-8-15(13-29-18(17)11-28)32-20(34)23(4-1-5-23)33(21(32)36)14-2-3-19(30-12-14)35-16-9-22(10-16)6-7-31-22/h2-3,8,12-13,16,31H,1,4-7,9-10H2. The van der Waals surface area contributed by atoms with Crippen LogP contribution in [0.3, 0.4) is 0 Å². The molecule has 4 fully saturated rings. The molecule has 12 heteroatoms. The van der Waals surface area contributed by atoms with E-state index >= 15 is 0 Å². The molecule has 2 spiro atoms. The summed E-state index contributed by atoms with van der Waals surface area (Å²) in [6.45, 7) is 1.04. The Hall–Kier alpha value is -3.30. The molecule has 8 nitrogen and oxygen atoms in total. The zero-order valence-corrected chi connectivity index (χ0v) is 19.8. The number of alkyl halides is 3. The van der Waals surface area contributed by atoms with Gasteiger partial charge in [-0.05, 0) is 56.6 Å². The number of nitriles is 1. The normalized spacial score (nSPS) is 26.4. The molecular formula is C24H21F3N6O2S. The molecule has 2 aromatic rings. The first-order valence-corrected chi connectivity index (χ1v) is 12.1. The molecule has 2 saturated carbocycles. The molecule has 1 amide bonds. The van der Waals surface area contributed by atoms with Gasteiger partial charge >= 0.3 is 6.18 Å². The number of carbonyl (C=O) groups excluding carboxylic acids is 1. The molecule has 4 aliphatic rings. The zero-order valence-electron chi connectivity index (χ0n) is 19.0. The minimum absolute atomic E-state index is 0.0480. The van der Waals surface area contributed by atoms with E-state index in [-0.39, 0.29) is 22.4 Å². The van der Waals surface area contributed by atoms with Gasteiger partial charge in [0, 0.05) is 24.4 Å². The van der Waals surface area contributed by atoms with E-state index in [0.717, 1.165) is 49.4 Å². The molecule has 0 unspecified atom stereocenters. The average molecular weight is 515 g/mol. The first-order valence-electron chi connectivity index (χ1n) is 11.7. The molecule has 1 N–H and O–H groups in total. The molecule has 0 radical (unpaired) electrons. The monoisotopic (exact) mass is 514 g/mol. The number of nitrogens with one attached hydrogen (secondary N) is 1. The Morgan fingerprint density at radius 1 is 1.17 bits per heavy atom. The van der Waals surface area contributed by atoms with Gasteiger partial charge in [0.05, 0.1) is 29.3 Å². The summed E-state index contributed by atoms with van der Waals surface area (Å²) in [4.78, 5) is 24.4. The Bertz CT molecular complexity index is 1290. The third kappa shape index (κ3) is 3.37. The predicted molar refractivity (Wildman–Crippen MR) is 126 cm³/mol. The maximum atomic E-state index is 13.5. The Kier molecular flexibility index (Phi) is 5.04. The van der Waals surface area contributed by atoms with Gasteiger partial charge in [-0.2, -0.15) is 18.4 Å². The predicted octanol–water partition coefficient (Wildman–Crippen LogP) is 3.70. The van der Waals surface area contributed by atoms with Crippen molar-refractivity contribution in [2.24, 2.45) is 0 Å². The lowest BCUT2D eigenvalue weighted by atomic mass is 9.68. The summed E-state index contributed by atoms with van der Waals surface area (Å²) >= 11 is 5.62. The van der Waals surface area contributed by atoms with Crippen molar-refractivity contribution >= 4 is 34.6 Å². The third-order valence-electron chi connectivity index (χ3n) is 7.74. The van der Waals surface area contributed by atoms with Gasteiger partial charge in [0.1, 0.15) is 17.7 Å². The molecule has 6 rings (SSSR count). The maximum absolute atomic E-state index is 13.5. The number of hydrogen-bond acceptors (Lipinski definition) is 7. The summed E-state index contributed by atoms with van der Waals surface area (Å²) in [5, 5.41) is 12.5. The molecule has 0 atom stereocenters. The van der Waals surface area contributed by atoms with Crippen LogP contribution in [0, 0.1) is 11.3 Å². The number of anilines is 2. The molecule has 2 saturated heterocycles. The first-order chi connectivity index (χ1) is 17.2. The topological polar surface area (TPSA) is 94.4 Å². The van der Waals surface area contributed by atoms with Crippen LogP contribution in [0.1, 0.15) is 49.8 Å². The molecule has 186 valence electrons. The van der Waals surface area contributed by atoms with Crippen LogP contribution in [0.15, 0.2) is 30.6 Å². The van der Waals surface area contributed by atoms with E-state index in [0.29, 0.717) is 24.4 Å². The molecule has 4 heterocycles. The summed E-state index contributed by atoms with van der Waals surface area (Å²) in [6, 6.07) is 5.69. The van der Waals surface area contributed by atoms with Gasteiger partial charge in [-0.25, -0.2) is 9.97 Å². The van der Waals surface area contributed by atoms with Gasteiger partial charge in [0.25, 0.3) is 5.91 Å². The van der Waals surface area contributed by atoms with Crippen LogP contribution in [0.4, 0.5) is 24.5 Å². The summed E-state index contributed by atoms with van der Waals surface area (Å²) in [5.74, 6) is 0.0615. The quantitative estimate of drug-likeness (QED) is 0.618. The van der Waals surface area contributed by atoms with Crippen LogP contribution in [0.5, 0.6) is 5.88 Å². The van der Waals surface area contributed by atoms with Crippen LogP contribution in [0.2, 0.25) is 0 Å². The minimum Gasteiger partial charge on any atom is -0.474 e. The molecular weight excluding hydrogens is 493 g/mol. The summed E-state index contributed by atoms with van der Waals surface area (Å²) in [7, 11) is 0. The highest BCUT2D eigenvalue weighted by atomic mass is 32.1. The number of nitrogens with zero attached hydrogens (tertiary/aromatic N) is 5. The fraction of sp³-hybridized carbons (Fsp3) is 0.458. The Morgan fingerprint density at radius 2 is 1.89 bits per heavy atom. The maximum Gasteiger partial charge on any atom is 0.419 e. The number of pyridine rings is 2. The van der Waals surface area contributed by atoms with Crippen LogP contribution in [-0.2, 0) is 11.0 Å². The fourth-order valence-corrected chi connectivity index (χ4v) is 6.03.